The van der Waals surface area contributed by atoms with Gasteiger partial charge in [-0.3, -0.25) is 0 Å². The minimum atomic E-state index is -1.06. The minimum absolute atomic E-state index is 0.0158. The van der Waals surface area contributed by atoms with E-state index in [1.165, 1.54) is 0 Å². The van der Waals surface area contributed by atoms with E-state index in [2.05, 4.69) is 0 Å². The van der Waals surface area contributed by atoms with Crippen molar-refractivity contribution in [3.8, 4) is 0 Å². The van der Waals surface area contributed by atoms with Crippen molar-refractivity contribution in [1.82, 2.24) is 0 Å². The molecule has 3 fully saturated rings. The average molecular weight is 424 g/mol. The topological polar surface area (TPSA) is 168 Å². The molecule has 11 nitrogen and oxygen atoms in total. The average Bonchev–Trinajstić information content (AvgIpc) is 2.68. The van der Waals surface area contributed by atoms with Gasteiger partial charge in [0, 0.05) is 25.7 Å². The number of hydrogen-bond acceptors (Lipinski definition) is 11. The van der Waals surface area contributed by atoms with Crippen LogP contribution in [0.1, 0.15) is 25.7 Å². The standard InChI is InChI=1S/C18H32O11/c19-5-10-1-9(21)2-17(27-10)28-11-3-12(22)16(25-7-11)8-26-18-14(24)4-13(23)15(6-20)29-18/h9-24H,1-8H2/t9-,10-,11-,12+,13+,14-,15-,16-,17-,18?/m1/s1. The van der Waals surface area contributed by atoms with E-state index in [-0.39, 0.29) is 39.1 Å². The zero-order valence-corrected chi connectivity index (χ0v) is 16.2. The van der Waals surface area contributed by atoms with Crippen LogP contribution in [0, 0.1) is 0 Å². The molecule has 3 saturated heterocycles. The smallest absolute Gasteiger partial charge is 0.184 e. The fourth-order valence-corrected chi connectivity index (χ4v) is 3.82. The summed E-state index contributed by atoms with van der Waals surface area (Å²) in [6, 6.07) is 0. The van der Waals surface area contributed by atoms with Gasteiger partial charge in [0.05, 0.1) is 56.9 Å². The van der Waals surface area contributed by atoms with Crippen LogP contribution >= 0.6 is 0 Å². The molecule has 6 N–H and O–H groups in total. The Morgan fingerprint density at radius 3 is 2.24 bits per heavy atom. The van der Waals surface area contributed by atoms with Gasteiger partial charge in [0.15, 0.2) is 12.6 Å². The van der Waals surface area contributed by atoms with Crippen molar-refractivity contribution < 1.29 is 54.3 Å². The third kappa shape index (κ3) is 6.28. The van der Waals surface area contributed by atoms with E-state index in [0.717, 1.165) is 0 Å². The molecule has 3 aliphatic rings. The van der Waals surface area contributed by atoms with Crippen molar-refractivity contribution in [2.45, 2.75) is 87.1 Å². The molecular weight excluding hydrogens is 392 g/mol. The predicted octanol–water partition coefficient (Wildman–Crippen LogP) is -2.77. The van der Waals surface area contributed by atoms with Crippen LogP contribution in [-0.2, 0) is 23.7 Å². The third-order valence-electron chi connectivity index (χ3n) is 5.46. The molecule has 3 rings (SSSR count). The van der Waals surface area contributed by atoms with Crippen molar-refractivity contribution in [3.63, 3.8) is 0 Å². The van der Waals surface area contributed by atoms with E-state index in [4.69, 9.17) is 23.7 Å². The van der Waals surface area contributed by atoms with Gasteiger partial charge < -0.3 is 54.3 Å². The van der Waals surface area contributed by atoms with E-state index in [0.29, 0.717) is 6.42 Å². The van der Waals surface area contributed by atoms with E-state index in [1.54, 1.807) is 0 Å². The van der Waals surface area contributed by atoms with Crippen molar-refractivity contribution in [3.05, 3.63) is 0 Å². The maximum absolute atomic E-state index is 10.4. The molecule has 0 amide bonds. The summed E-state index contributed by atoms with van der Waals surface area (Å²) >= 11 is 0. The fraction of sp³-hybridized carbons (Fsp3) is 1.00. The van der Waals surface area contributed by atoms with Crippen LogP contribution in [-0.4, -0.2) is 118 Å². The van der Waals surface area contributed by atoms with E-state index in [9.17, 15) is 30.6 Å². The summed E-state index contributed by atoms with van der Waals surface area (Å²) in [5.74, 6) is 0. The second-order valence-corrected chi connectivity index (χ2v) is 7.86. The number of aliphatic hydroxyl groups excluding tert-OH is 6. The Kier molecular flexibility index (Phi) is 8.60. The summed E-state index contributed by atoms with van der Waals surface area (Å²) in [5, 5.41) is 58.3. The van der Waals surface area contributed by atoms with E-state index in [1.807, 2.05) is 0 Å². The summed E-state index contributed by atoms with van der Waals surface area (Å²) in [6.45, 7) is -0.472. The minimum Gasteiger partial charge on any atom is -0.394 e. The molecule has 1 unspecified atom stereocenters. The summed E-state index contributed by atoms with van der Waals surface area (Å²) in [5.41, 5.74) is 0. The molecule has 0 aliphatic carbocycles. The lowest BCUT2D eigenvalue weighted by Crippen LogP contribution is -2.52. The Bertz CT molecular complexity index is 494. The first-order chi connectivity index (χ1) is 13.9. The molecule has 0 aromatic heterocycles. The fourth-order valence-electron chi connectivity index (χ4n) is 3.82. The summed E-state index contributed by atoms with van der Waals surface area (Å²) in [6.07, 6.45) is -6.78. The van der Waals surface area contributed by atoms with Crippen LogP contribution in [0.5, 0.6) is 0 Å². The highest BCUT2D eigenvalue weighted by atomic mass is 16.7. The molecule has 170 valence electrons. The van der Waals surface area contributed by atoms with Gasteiger partial charge in [-0.25, -0.2) is 0 Å². The van der Waals surface area contributed by atoms with Gasteiger partial charge in [-0.1, -0.05) is 0 Å². The Balaban J connectivity index is 1.42. The molecule has 3 aliphatic heterocycles. The maximum atomic E-state index is 10.4. The Labute approximate surface area is 168 Å². The molecule has 0 aromatic carbocycles. The van der Waals surface area contributed by atoms with Crippen LogP contribution in [0.25, 0.3) is 0 Å². The van der Waals surface area contributed by atoms with Crippen LogP contribution in [0.3, 0.4) is 0 Å². The van der Waals surface area contributed by atoms with Gasteiger partial charge in [0.25, 0.3) is 0 Å². The second-order valence-electron chi connectivity index (χ2n) is 7.86. The zero-order valence-electron chi connectivity index (χ0n) is 16.2. The van der Waals surface area contributed by atoms with Gasteiger partial charge in [-0.05, 0) is 0 Å². The highest BCUT2D eigenvalue weighted by molar-refractivity contribution is 4.83. The molecule has 0 bridgehead atoms. The lowest BCUT2D eigenvalue weighted by molar-refractivity contribution is -0.288. The van der Waals surface area contributed by atoms with Crippen LogP contribution < -0.4 is 0 Å². The van der Waals surface area contributed by atoms with Crippen molar-refractivity contribution in [2.75, 3.05) is 26.4 Å². The number of hydrogen-bond donors (Lipinski definition) is 6. The van der Waals surface area contributed by atoms with Gasteiger partial charge in [0.2, 0.25) is 0 Å². The van der Waals surface area contributed by atoms with Gasteiger partial charge in [-0.2, -0.15) is 0 Å². The predicted molar refractivity (Wildman–Crippen MR) is 94.6 cm³/mol. The zero-order chi connectivity index (χ0) is 21.0. The largest absolute Gasteiger partial charge is 0.394 e. The Hall–Kier alpha value is -0.440. The van der Waals surface area contributed by atoms with Crippen molar-refractivity contribution >= 4 is 0 Å². The lowest BCUT2D eigenvalue weighted by atomic mass is 10.0. The molecule has 3 heterocycles. The summed E-state index contributed by atoms with van der Waals surface area (Å²) in [7, 11) is 0. The maximum Gasteiger partial charge on any atom is 0.184 e. The molecule has 0 saturated carbocycles. The summed E-state index contributed by atoms with van der Waals surface area (Å²) < 4.78 is 27.8. The molecule has 0 radical (unpaired) electrons. The number of ether oxygens (including phenoxy) is 5. The Morgan fingerprint density at radius 1 is 0.793 bits per heavy atom. The molecule has 0 aromatic rings. The highest BCUT2D eigenvalue weighted by Crippen LogP contribution is 2.26. The third-order valence-corrected chi connectivity index (χ3v) is 5.46. The van der Waals surface area contributed by atoms with Crippen molar-refractivity contribution in [1.29, 1.82) is 0 Å². The first-order valence-electron chi connectivity index (χ1n) is 10.0. The highest BCUT2D eigenvalue weighted by Gasteiger charge is 2.39. The Morgan fingerprint density at radius 2 is 1.55 bits per heavy atom. The first-order valence-corrected chi connectivity index (χ1v) is 10.0. The number of aliphatic hydroxyl groups is 6. The van der Waals surface area contributed by atoms with Crippen molar-refractivity contribution in [2.24, 2.45) is 0 Å². The van der Waals surface area contributed by atoms with Crippen LogP contribution in [0.15, 0.2) is 0 Å². The van der Waals surface area contributed by atoms with E-state index >= 15 is 0 Å². The van der Waals surface area contributed by atoms with Crippen LogP contribution in [0.4, 0.5) is 0 Å². The van der Waals surface area contributed by atoms with Gasteiger partial charge in [-0.15, -0.1) is 0 Å². The lowest BCUT2D eigenvalue weighted by Gasteiger charge is -2.39. The molecular formula is C18H32O11. The molecule has 11 heteroatoms. The SMILES string of the molecule is OC[C@H]1C[C@@H](O)C[C@@H](O[C@H]2CO[C@H](COC3O[C@H](CO)[C@@H](O)C[C@H]3O)[C@@H](O)C2)O1. The molecule has 0 spiro atoms. The molecule has 10 atom stereocenters. The second kappa shape index (κ2) is 10.7. The van der Waals surface area contributed by atoms with Crippen LogP contribution in [0.2, 0.25) is 0 Å². The monoisotopic (exact) mass is 424 g/mol. The number of rotatable bonds is 7. The first kappa shape index (κ1) is 23.2. The normalized spacial score (nSPS) is 46.6. The van der Waals surface area contributed by atoms with E-state index < -0.39 is 68.0 Å². The quantitative estimate of drug-likeness (QED) is 0.250. The summed E-state index contributed by atoms with van der Waals surface area (Å²) in [4.78, 5) is 0. The van der Waals surface area contributed by atoms with Gasteiger partial charge in [0.1, 0.15) is 18.3 Å². The van der Waals surface area contributed by atoms with Gasteiger partial charge >= 0.3 is 0 Å². The molecule has 29 heavy (non-hydrogen) atoms.